The van der Waals surface area contributed by atoms with Gasteiger partial charge in [-0.05, 0) is 36.5 Å². The van der Waals surface area contributed by atoms with E-state index in [1.807, 2.05) is 20.8 Å². The molecule has 0 saturated carbocycles. The molecule has 2 heteroatoms. The molecule has 0 nitrogen and oxygen atoms in total. The highest BCUT2D eigenvalue weighted by Gasteiger charge is 2.15. The quantitative estimate of drug-likeness (QED) is 0.674. The maximum absolute atomic E-state index is 13.6. The zero-order valence-electron chi connectivity index (χ0n) is 9.12. The summed E-state index contributed by atoms with van der Waals surface area (Å²) in [5, 5.41) is 0. The average Bonchev–Trinajstić information content (AvgIpc) is 2.13. The average molecular weight is 198 g/mol. The molecule has 0 aliphatic carbocycles. The molecule has 0 atom stereocenters. The Kier molecular flexibility index (Phi) is 3.25. The van der Waals surface area contributed by atoms with Crippen LogP contribution in [0.4, 0.5) is 8.78 Å². The Morgan fingerprint density at radius 2 is 1.86 bits per heavy atom. The summed E-state index contributed by atoms with van der Waals surface area (Å²) in [6.45, 7) is 7.26. The van der Waals surface area contributed by atoms with Crippen LogP contribution in [-0.2, 0) is 6.42 Å². The van der Waals surface area contributed by atoms with Gasteiger partial charge in [0.1, 0.15) is 11.6 Å². The lowest BCUT2D eigenvalue weighted by molar-refractivity contribution is 0.551. The topological polar surface area (TPSA) is 0 Å². The summed E-state index contributed by atoms with van der Waals surface area (Å²) in [5.74, 6) is -0.658. The van der Waals surface area contributed by atoms with Gasteiger partial charge < -0.3 is 0 Å². The SMILES string of the molecule is CCc1c(C(C)C)cc(F)c(C)c1F. The normalized spacial score (nSPS) is 11.1. The first-order valence-corrected chi connectivity index (χ1v) is 4.96. The lowest BCUT2D eigenvalue weighted by Gasteiger charge is -2.14. The number of rotatable bonds is 2. The van der Waals surface area contributed by atoms with E-state index in [0.29, 0.717) is 12.0 Å². The van der Waals surface area contributed by atoms with Gasteiger partial charge in [-0.25, -0.2) is 8.78 Å². The molecule has 0 N–H and O–H groups in total. The monoisotopic (exact) mass is 198 g/mol. The van der Waals surface area contributed by atoms with Crippen molar-refractivity contribution in [2.45, 2.75) is 40.0 Å². The van der Waals surface area contributed by atoms with E-state index in [1.54, 1.807) is 0 Å². The van der Waals surface area contributed by atoms with Crippen molar-refractivity contribution in [3.8, 4) is 0 Å². The predicted molar refractivity (Wildman–Crippen MR) is 54.6 cm³/mol. The fourth-order valence-electron chi connectivity index (χ4n) is 1.66. The molecule has 0 aromatic heterocycles. The molecule has 1 rings (SSSR count). The summed E-state index contributed by atoms with van der Waals surface area (Å²) < 4.78 is 26.9. The Bertz CT molecular complexity index is 341. The molecule has 1 aromatic carbocycles. The first-order valence-electron chi connectivity index (χ1n) is 4.96. The minimum absolute atomic E-state index is 0.131. The summed E-state index contributed by atoms with van der Waals surface area (Å²) in [7, 11) is 0. The van der Waals surface area contributed by atoms with Gasteiger partial charge >= 0.3 is 0 Å². The fourth-order valence-corrected chi connectivity index (χ4v) is 1.66. The van der Waals surface area contributed by atoms with Crippen LogP contribution in [0, 0.1) is 18.6 Å². The molecular weight excluding hydrogens is 182 g/mol. The first-order chi connectivity index (χ1) is 6.49. The van der Waals surface area contributed by atoms with E-state index >= 15 is 0 Å². The van der Waals surface area contributed by atoms with Gasteiger partial charge in [-0.3, -0.25) is 0 Å². The van der Waals surface area contributed by atoms with Crippen LogP contribution < -0.4 is 0 Å². The number of hydrogen-bond acceptors (Lipinski definition) is 0. The van der Waals surface area contributed by atoms with E-state index in [4.69, 9.17) is 0 Å². The zero-order chi connectivity index (χ0) is 10.9. The predicted octanol–water partition coefficient (Wildman–Crippen LogP) is 3.96. The summed E-state index contributed by atoms with van der Waals surface area (Å²) in [6, 6.07) is 1.46. The maximum atomic E-state index is 13.6. The van der Waals surface area contributed by atoms with Crippen molar-refractivity contribution >= 4 is 0 Å². The Labute approximate surface area is 84.0 Å². The van der Waals surface area contributed by atoms with Crippen molar-refractivity contribution in [1.29, 1.82) is 0 Å². The van der Waals surface area contributed by atoms with Crippen molar-refractivity contribution in [2.24, 2.45) is 0 Å². The van der Waals surface area contributed by atoms with Crippen molar-refractivity contribution in [2.75, 3.05) is 0 Å². The van der Waals surface area contributed by atoms with Crippen LogP contribution in [0.15, 0.2) is 6.07 Å². The summed E-state index contributed by atoms with van der Waals surface area (Å²) in [4.78, 5) is 0. The highest BCUT2D eigenvalue weighted by atomic mass is 19.1. The van der Waals surface area contributed by atoms with Gasteiger partial charge in [-0.15, -0.1) is 0 Å². The summed E-state index contributed by atoms with van der Waals surface area (Å²) >= 11 is 0. The Hall–Kier alpha value is -0.920. The Balaban J connectivity index is 3.43. The minimum Gasteiger partial charge on any atom is -0.207 e. The lowest BCUT2D eigenvalue weighted by atomic mass is 9.93. The second-order valence-electron chi connectivity index (χ2n) is 3.87. The van der Waals surface area contributed by atoms with Gasteiger partial charge in [0.25, 0.3) is 0 Å². The molecule has 78 valence electrons. The second kappa shape index (κ2) is 4.07. The van der Waals surface area contributed by atoms with E-state index in [0.717, 1.165) is 5.56 Å². The van der Waals surface area contributed by atoms with Gasteiger partial charge in [-0.1, -0.05) is 20.8 Å². The molecule has 0 heterocycles. The number of benzene rings is 1. The molecule has 0 bridgehead atoms. The van der Waals surface area contributed by atoms with Crippen LogP contribution in [0.5, 0.6) is 0 Å². The highest BCUT2D eigenvalue weighted by Crippen LogP contribution is 2.26. The van der Waals surface area contributed by atoms with Gasteiger partial charge in [-0.2, -0.15) is 0 Å². The molecule has 14 heavy (non-hydrogen) atoms. The molecule has 0 unspecified atom stereocenters. The Morgan fingerprint density at radius 1 is 1.29 bits per heavy atom. The van der Waals surface area contributed by atoms with E-state index in [9.17, 15) is 8.78 Å². The fraction of sp³-hybridized carbons (Fsp3) is 0.500. The van der Waals surface area contributed by atoms with E-state index in [2.05, 4.69) is 0 Å². The molecular formula is C12H16F2. The molecule has 1 aromatic rings. The van der Waals surface area contributed by atoms with Crippen LogP contribution >= 0.6 is 0 Å². The molecule has 0 spiro atoms. The third-order valence-corrected chi connectivity index (χ3v) is 2.56. The number of halogens is 2. The van der Waals surface area contributed by atoms with Crippen LogP contribution in [0.25, 0.3) is 0 Å². The van der Waals surface area contributed by atoms with Gasteiger partial charge in [0.05, 0.1) is 0 Å². The summed E-state index contributed by atoms with van der Waals surface area (Å²) in [5.41, 5.74) is 1.57. The van der Waals surface area contributed by atoms with Crippen molar-refractivity contribution in [1.82, 2.24) is 0 Å². The standard InChI is InChI=1S/C12H16F2/c1-5-9-10(7(2)3)6-11(13)8(4)12(9)14/h6-7H,5H2,1-4H3. The molecule has 0 radical (unpaired) electrons. The number of hydrogen-bond donors (Lipinski definition) is 0. The molecule has 0 saturated heterocycles. The lowest BCUT2D eigenvalue weighted by Crippen LogP contribution is -2.03. The van der Waals surface area contributed by atoms with Gasteiger partial charge in [0.15, 0.2) is 0 Å². The van der Waals surface area contributed by atoms with E-state index in [1.165, 1.54) is 13.0 Å². The van der Waals surface area contributed by atoms with Crippen LogP contribution in [-0.4, -0.2) is 0 Å². The molecule has 0 aliphatic heterocycles. The molecule has 0 amide bonds. The Morgan fingerprint density at radius 3 is 2.29 bits per heavy atom. The van der Waals surface area contributed by atoms with Gasteiger partial charge in [0, 0.05) is 5.56 Å². The minimum atomic E-state index is -0.441. The van der Waals surface area contributed by atoms with E-state index in [-0.39, 0.29) is 17.3 Å². The van der Waals surface area contributed by atoms with Gasteiger partial charge in [0.2, 0.25) is 0 Å². The van der Waals surface area contributed by atoms with Crippen LogP contribution in [0.3, 0.4) is 0 Å². The van der Waals surface area contributed by atoms with Crippen molar-refractivity contribution < 1.29 is 8.78 Å². The second-order valence-corrected chi connectivity index (χ2v) is 3.87. The smallest absolute Gasteiger partial charge is 0.132 e. The van der Waals surface area contributed by atoms with Crippen molar-refractivity contribution in [3.05, 3.63) is 34.4 Å². The highest BCUT2D eigenvalue weighted by molar-refractivity contribution is 5.36. The van der Waals surface area contributed by atoms with Crippen LogP contribution in [0.2, 0.25) is 0 Å². The third-order valence-electron chi connectivity index (χ3n) is 2.56. The molecule has 0 fully saturated rings. The van der Waals surface area contributed by atoms with E-state index < -0.39 is 5.82 Å². The summed E-state index contributed by atoms with van der Waals surface area (Å²) in [6.07, 6.45) is 0.612. The third kappa shape index (κ3) is 1.79. The molecule has 0 aliphatic rings. The van der Waals surface area contributed by atoms with Crippen molar-refractivity contribution in [3.63, 3.8) is 0 Å². The zero-order valence-corrected chi connectivity index (χ0v) is 9.12. The maximum Gasteiger partial charge on any atom is 0.132 e. The van der Waals surface area contributed by atoms with Crippen LogP contribution in [0.1, 0.15) is 43.4 Å². The largest absolute Gasteiger partial charge is 0.207 e. The first kappa shape index (κ1) is 11.2.